The monoisotopic (exact) mass is 277 g/mol. The number of fused-ring (bicyclic) bond motifs is 1. The number of nitrogens with zero attached hydrogens (tertiary/aromatic N) is 5. The Balaban J connectivity index is 2.03. The Morgan fingerprint density at radius 2 is 1.81 bits per heavy atom. The second-order valence-corrected chi connectivity index (χ2v) is 4.51. The van der Waals surface area contributed by atoms with Crippen LogP contribution in [0.4, 0.5) is 0 Å². The first kappa shape index (κ1) is 12.9. The fourth-order valence-corrected chi connectivity index (χ4v) is 1.91. The average Bonchev–Trinajstić information content (AvgIpc) is 2.51. The van der Waals surface area contributed by atoms with E-state index in [0.717, 1.165) is 11.1 Å². The van der Waals surface area contributed by atoms with Gasteiger partial charge in [-0.2, -0.15) is 10.4 Å². The lowest BCUT2D eigenvalue weighted by molar-refractivity contribution is 0.452. The Bertz CT molecular complexity index is 870. The molecule has 0 saturated carbocycles. The molecule has 0 atom stereocenters. The first-order valence-electron chi connectivity index (χ1n) is 6.31. The van der Waals surface area contributed by atoms with Gasteiger partial charge in [0.1, 0.15) is 17.4 Å². The minimum atomic E-state index is 0.198. The molecule has 1 aromatic carbocycles. The summed E-state index contributed by atoms with van der Waals surface area (Å²) in [5.74, 6) is 0.737. The number of ether oxygens (including phenoxy) is 1. The van der Waals surface area contributed by atoms with Crippen molar-refractivity contribution in [3.63, 3.8) is 0 Å². The topological polar surface area (TPSA) is 84.6 Å². The molecule has 0 bridgehead atoms. The molecule has 0 unspecified atom stereocenters. The summed E-state index contributed by atoms with van der Waals surface area (Å²) in [6.07, 6.45) is 3.24. The van der Waals surface area contributed by atoms with Crippen LogP contribution in [0.5, 0.6) is 11.6 Å². The molecule has 3 rings (SSSR count). The summed E-state index contributed by atoms with van der Waals surface area (Å²) in [7, 11) is 0. The molecule has 2 aromatic heterocycles. The van der Waals surface area contributed by atoms with Gasteiger partial charge in [0.25, 0.3) is 5.88 Å². The molecule has 0 spiro atoms. The van der Waals surface area contributed by atoms with Gasteiger partial charge in [-0.25, -0.2) is 0 Å². The van der Waals surface area contributed by atoms with Crippen LogP contribution in [0.3, 0.4) is 0 Å². The second kappa shape index (κ2) is 5.13. The van der Waals surface area contributed by atoms with Gasteiger partial charge < -0.3 is 4.74 Å². The van der Waals surface area contributed by atoms with E-state index >= 15 is 0 Å². The second-order valence-electron chi connectivity index (χ2n) is 4.51. The number of aryl methyl sites for hydroxylation is 1. The highest BCUT2D eigenvalue weighted by molar-refractivity contribution is 5.75. The van der Waals surface area contributed by atoms with Crippen LogP contribution < -0.4 is 4.74 Å². The summed E-state index contributed by atoms with van der Waals surface area (Å²) < 4.78 is 5.68. The zero-order valence-electron chi connectivity index (χ0n) is 11.5. The number of benzene rings is 1. The molecule has 0 aliphatic rings. The quantitative estimate of drug-likeness (QED) is 0.716. The highest BCUT2D eigenvalue weighted by Gasteiger charge is 2.13. The van der Waals surface area contributed by atoms with Crippen molar-refractivity contribution in [2.45, 2.75) is 13.8 Å². The molecule has 102 valence electrons. The van der Waals surface area contributed by atoms with E-state index in [-0.39, 0.29) is 5.88 Å². The van der Waals surface area contributed by atoms with Crippen LogP contribution >= 0.6 is 0 Å². The zero-order chi connectivity index (χ0) is 14.8. The molecule has 0 aliphatic carbocycles. The van der Waals surface area contributed by atoms with E-state index in [1.807, 2.05) is 6.92 Å². The Kier molecular flexibility index (Phi) is 3.16. The van der Waals surface area contributed by atoms with Crippen molar-refractivity contribution in [2.75, 3.05) is 0 Å². The van der Waals surface area contributed by atoms with Crippen molar-refractivity contribution in [3.05, 3.63) is 47.4 Å². The third-order valence-electron chi connectivity index (χ3n) is 3.19. The van der Waals surface area contributed by atoms with Crippen LogP contribution in [0.15, 0.2) is 30.6 Å². The minimum Gasteiger partial charge on any atom is -0.436 e. The van der Waals surface area contributed by atoms with Gasteiger partial charge in [0.15, 0.2) is 0 Å². The van der Waals surface area contributed by atoms with Crippen molar-refractivity contribution in [2.24, 2.45) is 0 Å². The third-order valence-corrected chi connectivity index (χ3v) is 3.19. The fourth-order valence-electron chi connectivity index (χ4n) is 1.91. The number of rotatable bonds is 2. The normalized spacial score (nSPS) is 10.3. The predicted molar refractivity (Wildman–Crippen MR) is 75.8 cm³/mol. The molecular weight excluding hydrogens is 266 g/mol. The highest BCUT2D eigenvalue weighted by atomic mass is 16.5. The summed E-state index contributed by atoms with van der Waals surface area (Å²) in [4.78, 5) is 8.40. The maximum Gasteiger partial charge on any atom is 0.257 e. The molecule has 0 aliphatic heterocycles. The van der Waals surface area contributed by atoms with E-state index in [1.165, 1.54) is 0 Å². The number of hydrogen-bond acceptors (Lipinski definition) is 6. The molecule has 0 N–H and O–H groups in total. The number of aromatic nitrogens is 4. The Hall–Kier alpha value is -3.07. The summed E-state index contributed by atoms with van der Waals surface area (Å²) in [6, 6.07) is 7.42. The van der Waals surface area contributed by atoms with Crippen molar-refractivity contribution in [1.82, 2.24) is 20.2 Å². The molecule has 6 heteroatoms. The fraction of sp³-hybridized carbons (Fsp3) is 0.133. The Morgan fingerprint density at radius 3 is 2.57 bits per heavy atom. The van der Waals surface area contributed by atoms with E-state index in [1.54, 1.807) is 37.5 Å². The molecule has 2 heterocycles. The summed E-state index contributed by atoms with van der Waals surface area (Å²) >= 11 is 0. The van der Waals surface area contributed by atoms with Crippen LogP contribution in [-0.4, -0.2) is 20.2 Å². The van der Waals surface area contributed by atoms with Gasteiger partial charge >= 0.3 is 0 Å². The SMILES string of the molecule is Cc1nnc(Oc2ccc3nccnc3c2)c(C#N)c1C. The van der Waals surface area contributed by atoms with E-state index in [2.05, 4.69) is 26.2 Å². The zero-order valence-corrected chi connectivity index (χ0v) is 11.5. The summed E-state index contributed by atoms with van der Waals surface area (Å²) in [6.45, 7) is 3.62. The molecule has 0 fully saturated rings. The van der Waals surface area contributed by atoms with E-state index < -0.39 is 0 Å². The van der Waals surface area contributed by atoms with E-state index in [0.29, 0.717) is 22.5 Å². The molecule has 0 saturated heterocycles. The largest absolute Gasteiger partial charge is 0.436 e. The van der Waals surface area contributed by atoms with Crippen molar-refractivity contribution < 1.29 is 4.74 Å². The van der Waals surface area contributed by atoms with Crippen molar-refractivity contribution >= 4 is 11.0 Å². The molecule has 3 aromatic rings. The van der Waals surface area contributed by atoms with Gasteiger partial charge in [0.05, 0.1) is 16.7 Å². The molecule has 21 heavy (non-hydrogen) atoms. The molecule has 6 nitrogen and oxygen atoms in total. The maximum absolute atomic E-state index is 9.25. The van der Waals surface area contributed by atoms with Crippen molar-refractivity contribution in [1.29, 1.82) is 5.26 Å². The summed E-state index contributed by atoms with van der Waals surface area (Å²) in [5.41, 5.74) is 3.36. The maximum atomic E-state index is 9.25. The van der Waals surface area contributed by atoms with Crippen LogP contribution in [0, 0.1) is 25.2 Å². The van der Waals surface area contributed by atoms with Gasteiger partial charge in [-0.3, -0.25) is 9.97 Å². The van der Waals surface area contributed by atoms with Gasteiger partial charge in [0, 0.05) is 18.5 Å². The molecule has 0 amide bonds. The van der Waals surface area contributed by atoms with Gasteiger partial charge in [-0.1, -0.05) is 0 Å². The van der Waals surface area contributed by atoms with Crippen molar-refractivity contribution in [3.8, 4) is 17.7 Å². The van der Waals surface area contributed by atoms with Crippen LogP contribution in [0.2, 0.25) is 0 Å². The standard InChI is InChI=1S/C15H11N5O/c1-9-10(2)19-20-15(12(9)8-16)21-11-3-4-13-14(7-11)18-6-5-17-13/h3-7H,1-2H3. The first-order valence-corrected chi connectivity index (χ1v) is 6.31. The summed E-state index contributed by atoms with van der Waals surface area (Å²) in [5, 5.41) is 17.2. The number of hydrogen-bond donors (Lipinski definition) is 0. The van der Waals surface area contributed by atoms with Crippen LogP contribution in [-0.2, 0) is 0 Å². The van der Waals surface area contributed by atoms with E-state index in [9.17, 15) is 5.26 Å². The van der Waals surface area contributed by atoms with Gasteiger partial charge in [0.2, 0.25) is 0 Å². The minimum absolute atomic E-state index is 0.198. The number of nitriles is 1. The third kappa shape index (κ3) is 2.37. The first-order chi connectivity index (χ1) is 10.2. The predicted octanol–water partition coefficient (Wildman–Crippen LogP) is 2.70. The average molecular weight is 277 g/mol. The molecule has 0 radical (unpaired) electrons. The van der Waals surface area contributed by atoms with Crippen LogP contribution in [0.25, 0.3) is 11.0 Å². The lowest BCUT2D eigenvalue weighted by atomic mass is 10.1. The van der Waals surface area contributed by atoms with E-state index in [4.69, 9.17) is 4.74 Å². The highest BCUT2D eigenvalue weighted by Crippen LogP contribution is 2.26. The van der Waals surface area contributed by atoms with Crippen LogP contribution in [0.1, 0.15) is 16.8 Å². The smallest absolute Gasteiger partial charge is 0.257 e. The Morgan fingerprint density at radius 1 is 1.05 bits per heavy atom. The molecular formula is C15H11N5O. The van der Waals surface area contributed by atoms with Gasteiger partial charge in [-0.15, -0.1) is 5.10 Å². The van der Waals surface area contributed by atoms with Gasteiger partial charge in [-0.05, 0) is 31.5 Å². The Labute approximate surface area is 121 Å². The lowest BCUT2D eigenvalue weighted by Crippen LogP contribution is -2.00. The lowest BCUT2D eigenvalue weighted by Gasteiger charge is -2.08.